The highest BCUT2D eigenvalue weighted by Gasteiger charge is 2.27. The van der Waals surface area contributed by atoms with Crippen molar-refractivity contribution in [3.8, 4) is 0 Å². The average Bonchev–Trinajstić information content (AvgIpc) is 2.76. The molecule has 0 atom stereocenters. The molecule has 1 aromatic carbocycles. The van der Waals surface area contributed by atoms with E-state index in [1.807, 2.05) is 27.2 Å². The van der Waals surface area contributed by atoms with Crippen molar-refractivity contribution in [1.29, 1.82) is 0 Å². The van der Waals surface area contributed by atoms with Gasteiger partial charge in [0.05, 0.1) is 6.54 Å². The molecule has 3 amide bonds. The quantitative estimate of drug-likeness (QED) is 0.785. The van der Waals surface area contributed by atoms with Crippen LogP contribution in [0.1, 0.15) is 5.56 Å². The first-order valence-corrected chi connectivity index (χ1v) is 7.00. The third-order valence-electron chi connectivity index (χ3n) is 3.52. The number of anilines is 1. The molecule has 0 aromatic heterocycles. The van der Waals surface area contributed by atoms with Crippen molar-refractivity contribution in [2.75, 3.05) is 45.7 Å². The van der Waals surface area contributed by atoms with Gasteiger partial charge in [-0.25, -0.2) is 4.79 Å². The molecule has 0 spiro atoms. The van der Waals surface area contributed by atoms with Crippen LogP contribution in [0.2, 0.25) is 0 Å². The maximum Gasteiger partial charge on any atom is 0.324 e. The lowest BCUT2D eigenvalue weighted by atomic mass is 10.2. The maximum absolute atomic E-state index is 11.5. The highest BCUT2D eigenvalue weighted by Crippen LogP contribution is 2.14. The summed E-state index contributed by atoms with van der Waals surface area (Å²) in [7, 11) is 6.02. The molecule has 0 unspecified atom stereocenters. The van der Waals surface area contributed by atoms with Crippen LogP contribution >= 0.6 is 0 Å². The fraction of sp³-hybridized carbons (Fsp3) is 0.467. The van der Waals surface area contributed by atoms with E-state index in [0.717, 1.165) is 12.2 Å². The number of imide groups is 1. The normalized spacial score (nSPS) is 14.8. The third kappa shape index (κ3) is 3.95. The van der Waals surface area contributed by atoms with Crippen LogP contribution in [0.4, 0.5) is 10.5 Å². The van der Waals surface area contributed by atoms with E-state index in [-0.39, 0.29) is 18.5 Å². The fourth-order valence-electron chi connectivity index (χ4n) is 2.28. The lowest BCUT2D eigenvalue weighted by molar-refractivity contribution is -0.125. The van der Waals surface area contributed by atoms with E-state index >= 15 is 0 Å². The molecule has 6 heteroatoms. The summed E-state index contributed by atoms with van der Waals surface area (Å²) in [6, 6.07) is 8.04. The SMILES string of the molecule is CN(CCN1C(=O)CNC1=O)Cc1cccc(N(C)C)c1. The van der Waals surface area contributed by atoms with Gasteiger partial charge in [-0.2, -0.15) is 0 Å². The number of urea groups is 1. The van der Waals surface area contributed by atoms with Crippen molar-refractivity contribution >= 4 is 17.6 Å². The zero-order chi connectivity index (χ0) is 15.4. The van der Waals surface area contributed by atoms with E-state index in [2.05, 4.69) is 33.3 Å². The Labute approximate surface area is 125 Å². The van der Waals surface area contributed by atoms with Gasteiger partial charge in [-0.05, 0) is 24.7 Å². The number of amides is 3. The van der Waals surface area contributed by atoms with E-state index in [0.29, 0.717) is 13.1 Å². The number of nitrogens with zero attached hydrogens (tertiary/aromatic N) is 3. The van der Waals surface area contributed by atoms with Gasteiger partial charge >= 0.3 is 6.03 Å². The minimum atomic E-state index is -0.289. The second-order valence-electron chi connectivity index (χ2n) is 5.51. The Hall–Kier alpha value is -2.08. The summed E-state index contributed by atoms with van der Waals surface area (Å²) < 4.78 is 0. The Morgan fingerprint density at radius 2 is 2.00 bits per heavy atom. The van der Waals surface area contributed by atoms with Crippen LogP contribution in [0.3, 0.4) is 0 Å². The summed E-state index contributed by atoms with van der Waals surface area (Å²) in [4.78, 5) is 28.4. The molecule has 0 radical (unpaired) electrons. The van der Waals surface area contributed by atoms with Gasteiger partial charge in [0, 0.05) is 39.4 Å². The van der Waals surface area contributed by atoms with Crippen molar-refractivity contribution < 1.29 is 9.59 Å². The summed E-state index contributed by atoms with van der Waals surface area (Å²) in [5, 5.41) is 2.53. The van der Waals surface area contributed by atoms with Crippen molar-refractivity contribution in [2.45, 2.75) is 6.54 Å². The van der Waals surface area contributed by atoms with E-state index in [9.17, 15) is 9.59 Å². The molecule has 0 aliphatic carbocycles. The number of benzene rings is 1. The lowest BCUT2D eigenvalue weighted by Crippen LogP contribution is -2.37. The molecule has 0 bridgehead atoms. The lowest BCUT2D eigenvalue weighted by Gasteiger charge is -2.21. The maximum atomic E-state index is 11.5. The zero-order valence-corrected chi connectivity index (χ0v) is 12.8. The monoisotopic (exact) mass is 290 g/mol. The van der Waals surface area contributed by atoms with Crippen LogP contribution in [0, 0.1) is 0 Å². The smallest absolute Gasteiger partial charge is 0.324 e. The highest BCUT2D eigenvalue weighted by atomic mass is 16.2. The van der Waals surface area contributed by atoms with Crippen LogP contribution in [0.25, 0.3) is 0 Å². The number of carbonyl (C=O) groups is 2. The number of hydrogen-bond donors (Lipinski definition) is 1. The van der Waals surface area contributed by atoms with Crippen molar-refractivity contribution in [3.63, 3.8) is 0 Å². The standard InChI is InChI=1S/C15H22N4O2/c1-17(2)13-6-4-5-12(9-13)11-18(3)7-8-19-14(20)10-16-15(19)21/h4-6,9H,7-8,10-11H2,1-3H3,(H,16,21). The molecule has 1 fully saturated rings. The van der Waals surface area contributed by atoms with Gasteiger partial charge in [0.15, 0.2) is 0 Å². The first-order valence-electron chi connectivity index (χ1n) is 7.00. The molecule has 2 rings (SSSR count). The minimum Gasteiger partial charge on any atom is -0.378 e. The number of likely N-dealkylation sites (N-methyl/N-ethyl adjacent to an activating group) is 1. The molecule has 1 aliphatic heterocycles. The summed E-state index contributed by atoms with van der Waals surface area (Å²) in [6.07, 6.45) is 0. The number of nitrogens with one attached hydrogen (secondary N) is 1. The van der Waals surface area contributed by atoms with Gasteiger partial charge < -0.3 is 15.1 Å². The summed E-state index contributed by atoms with van der Waals surface area (Å²) in [5.74, 6) is -0.150. The number of rotatable bonds is 6. The second-order valence-corrected chi connectivity index (χ2v) is 5.51. The second kappa shape index (κ2) is 6.58. The van der Waals surface area contributed by atoms with Crippen molar-refractivity contribution in [3.05, 3.63) is 29.8 Å². The summed E-state index contributed by atoms with van der Waals surface area (Å²) in [5.41, 5.74) is 2.37. The van der Waals surface area contributed by atoms with E-state index < -0.39 is 0 Å². The number of hydrogen-bond acceptors (Lipinski definition) is 4. The average molecular weight is 290 g/mol. The molecule has 1 heterocycles. The molecule has 1 aliphatic rings. The van der Waals surface area contributed by atoms with Gasteiger partial charge in [-0.1, -0.05) is 12.1 Å². The van der Waals surface area contributed by atoms with Gasteiger partial charge in [-0.15, -0.1) is 0 Å². The first kappa shape index (κ1) is 15.3. The summed E-state index contributed by atoms with van der Waals surface area (Å²) in [6.45, 7) is 1.98. The van der Waals surface area contributed by atoms with Gasteiger partial charge in [-0.3, -0.25) is 9.69 Å². The van der Waals surface area contributed by atoms with Gasteiger partial charge in [0.25, 0.3) is 0 Å². The molecule has 21 heavy (non-hydrogen) atoms. The fourth-order valence-corrected chi connectivity index (χ4v) is 2.28. The third-order valence-corrected chi connectivity index (χ3v) is 3.52. The number of carbonyl (C=O) groups excluding carboxylic acids is 2. The Bertz CT molecular complexity index is 514. The molecular weight excluding hydrogens is 268 g/mol. The summed E-state index contributed by atoms with van der Waals surface area (Å²) >= 11 is 0. The molecule has 1 saturated heterocycles. The Morgan fingerprint density at radius 3 is 2.62 bits per heavy atom. The minimum absolute atomic E-state index is 0.118. The van der Waals surface area contributed by atoms with Crippen LogP contribution < -0.4 is 10.2 Å². The van der Waals surface area contributed by atoms with E-state index in [4.69, 9.17) is 0 Å². The molecule has 0 saturated carbocycles. The Morgan fingerprint density at radius 1 is 1.24 bits per heavy atom. The Kier molecular flexibility index (Phi) is 4.80. The molecule has 1 N–H and O–H groups in total. The zero-order valence-electron chi connectivity index (χ0n) is 12.8. The molecule has 1 aromatic rings. The van der Waals surface area contributed by atoms with Gasteiger partial charge in [0.1, 0.15) is 0 Å². The Balaban J connectivity index is 1.87. The van der Waals surface area contributed by atoms with Crippen molar-refractivity contribution in [1.82, 2.24) is 15.1 Å². The van der Waals surface area contributed by atoms with Gasteiger partial charge in [0.2, 0.25) is 5.91 Å². The molecule has 114 valence electrons. The largest absolute Gasteiger partial charge is 0.378 e. The van der Waals surface area contributed by atoms with Crippen LogP contribution in [-0.4, -0.2) is 62.5 Å². The highest BCUT2D eigenvalue weighted by molar-refractivity contribution is 6.01. The van der Waals surface area contributed by atoms with Crippen LogP contribution in [-0.2, 0) is 11.3 Å². The predicted octanol–water partition coefficient (Wildman–Crippen LogP) is 0.736. The van der Waals surface area contributed by atoms with Crippen LogP contribution in [0.5, 0.6) is 0 Å². The van der Waals surface area contributed by atoms with E-state index in [1.54, 1.807) is 0 Å². The topological polar surface area (TPSA) is 55.9 Å². The van der Waals surface area contributed by atoms with Crippen LogP contribution in [0.15, 0.2) is 24.3 Å². The predicted molar refractivity (Wildman–Crippen MR) is 82.2 cm³/mol. The van der Waals surface area contributed by atoms with E-state index in [1.165, 1.54) is 10.5 Å². The van der Waals surface area contributed by atoms with Crippen molar-refractivity contribution in [2.24, 2.45) is 0 Å². The molecule has 6 nitrogen and oxygen atoms in total. The first-order chi connectivity index (χ1) is 9.97. The molecular formula is C15H22N4O2.